The van der Waals surface area contributed by atoms with Crippen molar-refractivity contribution in [1.29, 1.82) is 0 Å². The molecule has 20 heavy (non-hydrogen) atoms. The molecule has 4 heteroatoms. The van der Waals surface area contributed by atoms with Crippen molar-refractivity contribution in [2.45, 2.75) is 26.2 Å². The van der Waals surface area contributed by atoms with Crippen LogP contribution in [0, 0.1) is 23.7 Å². The molecule has 0 spiro atoms. The largest absolute Gasteiger partial charge is 0.352 e. The predicted molar refractivity (Wildman–Crippen MR) is 79.0 cm³/mol. The van der Waals surface area contributed by atoms with Crippen molar-refractivity contribution in [3.05, 3.63) is 29.6 Å². The molecule has 3 N–H and O–H groups in total. The molecular weight excluding hydrogens is 250 g/mol. The number of pyridine rings is 1. The number of nitrogens with zero attached hydrogens (tertiary/aromatic N) is 1. The molecule has 2 unspecified atom stereocenters. The van der Waals surface area contributed by atoms with Crippen LogP contribution in [0.4, 0.5) is 0 Å². The summed E-state index contributed by atoms with van der Waals surface area (Å²) in [5.74, 6) is 6.87. The maximum atomic E-state index is 12.3. The smallest absolute Gasteiger partial charge is 0.252 e. The van der Waals surface area contributed by atoms with Gasteiger partial charge in [-0.1, -0.05) is 31.6 Å². The van der Waals surface area contributed by atoms with Gasteiger partial charge in [0.2, 0.25) is 0 Å². The van der Waals surface area contributed by atoms with Gasteiger partial charge in [0, 0.05) is 18.9 Å². The summed E-state index contributed by atoms with van der Waals surface area (Å²) in [5.41, 5.74) is 6.57. The maximum absolute atomic E-state index is 12.3. The van der Waals surface area contributed by atoms with Crippen LogP contribution in [0.15, 0.2) is 18.5 Å². The lowest BCUT2D eigenvalue weighted by Gasteiger charge is -2.16. The highest BCUT2D eigenvalue weighted by Gasteiger charge is 2.23. The van der Waals surface area contributed by atoms with E-state index in [0.29, 0.717) is 23.0 Å². The Morgan fingerprint density at radius 1 is 1.55 bits per heavy atom. The molecule has 0 aromatic carbocycles. The van der Waals surface area contributed by atoms with Gasteiger partial charge >= 0.3 is 0 Å². The van der Waals surface area contributed by atoms with E-state index in [1.54, 1.807) is 18.5 Å². The molecule has 1 aliphatic carbocycles. The Morgan fingerprint density at radius 2 is 2.40 bits per heavy atom. The van der Waals surface area contributed by atoms with Crippen LogP contribution in [0.5, 0.6) is 0 Å². The van der Waals surface area contributed by atoms with Crippen LogP contribution in [0.2, 0.25) is 0 Å². The zero-order valence-corrected chi connectivity index (χ0v) is 11.9. The second-order valence-corrected chi connectivity index (χ2v) is 5.31. The van der Waals surface area contributed by atoms with Crippen molar-refractivity contribution in [2.75, 3.05) is 13.1 Å². The van der Waals surface area contributed by atoms with Crippen molar-refractivity contribution < 1.29 is 4.79 Å². The minimum atomic E-state index is -0.0761. The van der Waals surface area contributed by atoms with Gasteiger partial charge in [0.25, 0.3) is 5.91 Å². The van der Waals surface area contributed by atoms with Crippen molar-refractivity contribution in [1.82, 2.24) is 10.3 Å². The van der Waals surface area contributed by atoms with E-state index in [1.165, 1.54) is 19.3 Å². The standard InChI is InChI=1S/C16H21N3O/c1-12-4-2-5-13(12)11-19-16(20)15-7-9-18-10-14(15)6-3-8-17/h7,9-10,12-13H,2,4-5,8,11,17H2,1H3,(H,19,20). The van der Waals surface area contributed by atoms with Gasteiger partial charge in [-0.15, -0.1) is 0 Å². The molecule has 2 rings (SSSR count). The third-order valence-corrected chi connectivity index (χ3v) is 3.95. The first-order chi connectivity index (χ1) is 9.72. The maximum Gasteiger partial charge on any atom is 0.252 e. The van der Waals surface area contributed by atoms with E-state index in [2.05, 4.69) is 29.1 Å². The van der Waals surface area contributed by atoms with Gasteiger partial charge in [0.15, 0.2) is 0 Å². The molecule has 1 heterocycles. The van der Waals surface area contributed by atoms with Crippen LogP contribution in [0.1, 0.15) is 42.1 Å². The number of amides is 1. The van der Waals surface area contributed by atoms with Crippen LogP contribution in [-0.4, -0.2) is 24.0 Å². The molecule has 1 fully saturated rings. The van der Waals surface area contributed by atoms with Crippen molar-refractivity contribution >= 4 is 5.91 Å². The van der Waals surface area contributed by atoms with Crippen molar-refractivity contribution in [3.63, 3.8) is 0 Å². The fraction of sp³-hybridized carbons (Fsp3) is 0.500. The SMILES string of the molecule is CC1CCCC1CNC(=O)c1ccncc1C#CCN. The molecule has 2 atom stereocenters. The van der Waals surface area contributed by atoms with Crippen LogP contribution in [0.25, 0.3) is 0 Å². The second kappa shape index (κ2) is 7.06. The molecule has 4 nitrogen and oxygen atoms in total. The van der Waals surface area contributed by atoms with E-state index in [1.807, 2.05) is 0 Å². The molecule has 106 valence electrons. The summed E-state index contributed by atoms with van der Waals surface area (Å²) in [7, 11) is 0. The lowest BCUT2D eigenvalue weighted by Crippen LogP contribution is -2.30. The third-order valence-electron chi connectivity index (χ3n) is 3.95. The second-order valence-electron chi connectivity index (χ2n) is 5.31. The quantitative estimate of drug-likeness (QED) is 0.820. The summed E-state index contributed by atoms with van der Waals surface area (Å²) < 4.78 is 0. The number of rotatable bonds is 3. The Labute approximate surface area is 120 Å². The number of nitrogens with two attached hydrogens (primary N) is 1. The van der Waals surface area contributed by atoms with Gasteiger partial charge in [-0.05, 0) is 24.3 Å². The number of hydrogen-bond donors (Lipinski definition) is 2. The number of aromatic nitrogens is 1. The van der Waals surface area contributed by atoms with E-state index in [9.17, 15) is 4.79 Å². The molecule has 0 saturated heterocycles. The average molecular weight is 271 g/mol. The number of carbonyl (C=O) groups is 1. The van der Waals surface area contributed by atoms with Gasteiger partial charge in [-0.3, -0.25) is 9.78 Å². The van der Waals surface area contributed by atoms with E-state index < -0.39 is 0 Å². The van der Waals surface area contributed by atoms with E-state index in [0.717, 1.165) is 6.54 Å². The topological polar surface area (TPSA) is 68.0 Å². The fourth-order valence-corrected chi connectivity index (χ4v) is 2.68. The molecular formula is C16H21N3O. The van der Waals surface area contributed by atoms with Gasteiger partial charge < -0.3 is 11.1 Å². The third kappa shape index (κ3) is 3.58. The zero-order chi connectivity index (χ0) is 14.4. The predicted octanol–water partition coefficient (Wildman–Crippen LogP) is 1.56. The highest BCUT2D eigenvalue weighted by Crippen LogP contribution is 2.30. The van der Waals surface area contributed by atoms with Crippen LogP contribution < -0.4 is 11.1 Å². The molecule has 1 saturated carbocycles. The fourth-order valence-electron chi connectivity index (χ4n) is 2.68. The molecule has 1 aromatic heterocycles. The monoisotopic (exact) mass is 271 g/mol. The Bertz CT molecular complexity index is 530. The first-order valence-corrected chi connectivity index (χ1v) is 7.13. The van der Waals surface area contributed by atoms with Gasteiger partial charge in [-0.25, -0.2) is 0 Å². The van der Waals surface area contributed by atoms with Gasteiger partial charge in [0.05, 0.1) is 17.7 Å². The Morgan fingerprint density at radius 3 is 3.10 bits per heavy atom. The summed E-state index contributed by atoms with van der Waals surface area (Å²) >= 11 is 0. The van der Waals surface area contributed by atoms with Crippen LogP contribution in [-0.2, 0) is 0 Å². The minimum absolute atomic E-state index is 0.0761. The summed E-state index contributed by atoms with van der Waals surface area (Å²) in [6.07, 6.45) is 6.96. The number of hydrogen-bond acceptors (Lipinski definition) is 3. The molecule has 0 aliphatic heterocycles. The lowest BCUT2D eigenvalue weighted by molar-refractivity contribution is 0.0944. The number of nitrogens with one attached hydrogen (secondary N) is 1. The van der Waals surface area contributed by atoms with E-state index >= 15 is 0 Å². The van der Waals surface area contributed by atoms with Gasteiger partial charge in [0.1, 0.15) is 0 Å². The number of carbonyl (C=O) groups excluding carboxylic acids is 1. The summed E-state index contributed by atoms with van der Waals surface area (Å²) in [6, 6.07) is 1.70. The minimum Gasteiger partial charge on any atom is -0.352 e. The van der Waals surface area contributed by atoms with Crippen molar-refractivity contribution in [3.8, 4) is 11.8 Å². The van der Waals surface area contributed by atoms with E-state index in [-0.39, 0.29) is 12.5 Å². The van der Waals surface area contributed by atoms with Crippen LogP contribution in [0.3, 0.4) is 0 Å². The van der Waals surface area contributed by atoms with Crippen molar-refractivity contribution in [2.24, 2.45) is 17.6 Å². The Balaban J connectivity index is 2.02. The molecule has 1 aromatic rings. The average Bonchev–Trinajstić information content (AvgIpc) is 2.88. The van der Waals surface area contributed by atoms with E-state index in [4.69, 9.17) is 5.73 Å². The molecule has 0 bridgehead atoms. The van der Waals surface area contributed by atoms with Crippen LogP contribution >= 0.6 is 0 Å². The lowest BCUT2D eigenvalue weighted by atomic mass is 9.98. The summed E-state index contributed by atoms with van der Waals surface area (Å²) in [4.78, 5) is 16.3. The Kier molecular flexibility index (Phi) is 5.14. The first kappa shape index (κ1) is 14.5. The molecule has 0 radical (unpaired) electrons. The molecule has 1 amide bonds. The zero-order valence-electron chi connectivity index (χ0n) is 11.9. The normalized spacial score (nSPS) is 21.1. The first-order valence-electron chi connectivity index (χ1n) is 7.13. The summed E-state index contributed by atoms with van der Waals surface area (Å²) in [5, 5.41) is 3.02. The summed E-state index contributed by atoms with van der Waals surface area (Å²) in [6.45, 7) is 3.27. The Hall–Kier alpha value is -1.86. The highest BCUT2D eigenvalue weighted by atomic mass is 16.1. The van der Waals surface area contributed by atoms with Gasteiger partial charge in [-0.2, -0.15) is 0 Å². The molecule has 1 aliphatic rings. The highest BCUT2D eigenvalue weighted by molar-refractivity contribution is 5.96.